The molecule has 1 aliphatic rings. The molecule has 20 heavy (non-hydrogen) atoms. The summed E-state index contributed by atoms with van der Waals surface area (Å²) >= 11 is 5.99. The zero-order valence-electron chi connectivity index (χ0n) is 11.7. The Morgan fingerprint density at radius 1 is 1.45 bits per heavy atom. The molecule has 2 amide bonds. The summed E-state index contributed by atoms with van der Waals surface area (Å²) in [6.07, 6.45) is 1.14. The van der Waals surface area contributed by atoms with E-state index >= 15 is 0 Å². The maximum atomic E-state index is 12.7. The van der Waals surface area contributed by atoms with Crippen LogP contribution in [0.15, 0.2) is 24.3 Å². The van der Waals surface area contributed by atoms with Gasteiger partial charge >= 0.3 is 0 Å². The van der Waals surface area contributed by atoms with E-state index in [1.807, 2.05) is 26.0 Å². The zero-order valence-corrected chi connectivity index (χ0v) is 12.5. The number of nitrogens with zero attached hydrogens (tertiary/aromatic N) is 1. The summed E-state index contributed by atoms with van der Waals surface area (Å²) in [7, 11) is 0. The second-order valence-electron chi connectivity index (χ2n) is 5.15. The van der Waals surface area contributed by atoms with Crippen molar-refractivity contribution in [1.82, 2.24) is 5.32 Å². The minimum atomic E-state index is -0.464. The van der Waals surface area contributed by atoms with Crippen molar-refractivity contribution >= 4 is 29.1 Å². The van der Waals surface area contributed by atoms with E-state index in [9.17, 15) is 9.59 Å². The normalized spacial score (nSPS) is 21.4. The maximum absolute atomic E-state index is 12.7. The Balaban J connectivity index is 2.32. The molecule has 2 unspecified atom stereocenters. The molecule has 0 saturated carbocycles. The van der Waals surface area contributed by atoms with Crippen molar-refractivity contribution in [3.05, 3.63) is 29.3 Å². The Morgan fingerprint density at radius 2 is 2.20 bits per heavy atom. The fraction of sp³-hybridized carbons (Fsp3) is 0.467. The molecule has 0 aliphatic carbocycles. The van der Waals surface area contributed by atoms with E-state index in [1.54, 1.807) is 17.0 Å². The van der Waals surface area contributed by atoms with Gasteiger partial charge in [0.2, 0.25) is 11.8 Å². The number of hydrogen-bond acceptors (Lipinski definition) is 2. The number of anilines is 1. The molecule has 0 spiro atoms. The van der Waals surface area contributed by atoms with Crippen molar-refractivity contribution in [3.63, 3.8) is 0 Å². The van der Waals surface area contributed by atoms with Crippen molar-refractivity contribution in [1.29, 1.82) is 0 Å². The third kappa shape index (κ3) is 3.12. The van der Waals surface area contributed by atoms with Crippen LogP contribution in [0.3, 0.4) is 0 Å². The van der Waals surface area contributed by atoms with Crippen LogP contribution in [0, 0.1) is 5.92 Å². The number of halogens is 1. The highest BCUT2D eigenvalue weighted by atomic mass is 35.5. The molecule has 1 aromatic rings. The van der Waals surface area contributed by atoms with Crippen LogP contribution in [0.5, 0.6) is 0 Å². The first-order valence-corrected chi connectivity index (χ1v) is 7.27. The Bertz CT molecular complexity index is 518. The minimum Gasteiger partial charge on any atom is -0.344 e. The van der Waals surface area contributed by atoms with Gasteiger partial charge in [-0.25, -0.2) is 0 Å². The molecule has 1 saturated heterocycles. The first-order chi connectivity index (χ1) is 9.52. The van der Waals surface area contributed by atoms with Gasteiger partial charge in [-0.1, -0.05) is 37.9 Å². The van der Waals surface area contributed by atoms with Gasteiger partial charge in [0.1, 0.15) is 6.04 Å². The number of hydrogen-bond donors (Lipinski definition) is 1. The summed E-state index contributed by atoms with van der Waals surface area (Å²) in [5.74, 6) is -0.0353. The predicted molar refractivity (Wildman–Crippen MR) is 79.8 cm³/mol. The molecular weight excluding hydrogens is 276 g/mol. The molecule has 1 heterocycles. The van der Waals surface area contributed by atoms with Crippen LogP contribution in [-0.4, -0.2) is 24.4 Å². The summed E-state index contributed by atoms with van der Waals surface area (Å²) < 4.78 is 0. The van der Waals surface area contributed by atoms with Gasteiger partial charge in [0.15, 0.2) is 0 Å². The number of carbonyl (C=O) groups is 2. The number of rotatable bonds is 3. The van der Waals surface area contributed by atoms with Gasteiger partial charge in [0.05, 0.1) is 0 Å². The molecule has 5 heteroatoms. The largest absolute Gasteiger partial charge is 0.344 e. The average molecular weight is 295 g/mol. The quantitative estimate of drug-likeness (QED) is 0.931. The van der Waals surface area contributed by atoms with Gasteiger partial charge in [0.25, 0.3) is 0 Å². The fourth-order valence-electron chi connectivity index (χ4n) is 2.32. The molecule has 1 aliphatic heterocycles. The highest BCUT2D eigenvalue weighted by Gasteiger charge is 2.33. The summed E-state index contributed by atoms with van der Waals surface area (Å²) in [6, 6.07) is 6.71. The molecule has 1 N–H and O–H groups in total. The van der Waals surface area contributed by atoms with Crippen LogP contribution < -0.4 is 10.2 Å². The monoisotopic (exact) mass is 294 g/mol. The molecule has 0 aromatic heterocycles. The van der Waals surface area contributed by atoms with Crippen LogP contribution in [0.1, 0.15) is 26.7 Å². The Labute approximate surface area is 124 Å². The molecule has 0 bridgehead atoms. The third-order valence-corrected chi connectivity index (χ3v) is 3.98. The summed E-state index contributed by atoms with van der Waals surface area (Å²) in [5.41, 5.74) is 0.743. The standard InChI is InChI=1S/C15H19ClN2O2/c1-3-10(2)14-15(20)18(8-7-13(19)17-14)12-6-4-5-11(16)9-12/h4-6,9-10,14H,3,7-8H2,1-2H3,(H,17,19). The molecule has 0 radical (unpaired) electrons. The van der Waals surface area contributed by atoms with Crippen LogP contribution in [0.2, 0.25) is 5.02 Å². The van der Waals surface area contributed by atoms with Crippen molar-refractivity contribution in [2.45, 2.75) is 32.7 Å². The number of nitrogens with one attached hydrogen (secondary N) is 1. The van der Waals surface area contributed by atoms with Crippen molar-refractivity contribution in [2.75, 3.05) is 11.4 Å². The lowest BCUT2D eigenvalue weighted by atomic mass is 9.98. The summed E-state index contributed by atoms with van der Waals surface area (Å²) in [5, 5.41) is 3.41. The second kappa shape index (κ2) is 6.27. The van der Waals surface area contributed by atoms with Crippen molar-refractivity contribution < 1.29 is 9.59 Å². The van der Waals surface area contributed by atoms with Gasteiger partial charge in [-0.05, 0) is 24.1 Å². The molecular formula is C15H19ClN2O2. The van der Waals surface area contributed by atoms with Gasteiger partial charge in [-0.15, -0.1) is 0 Å². The topological polar surface area (TPSA) is 49.4 Å². The van der Waals surface area contributed by atoms with E-state index < -0.39 is 6.04 Å². The summed E-state index contributed by atoms with van der Waals surface area (Å²) in [6.45, 7) is 4.38. The first kappa shape index (κ1) is 14.9. The lowest BCUT2D eigenvalue weighted by Crippen LogP contribution is -2.48. The number of amides is 2. The Kier molecular flexibility index (Phi) is 4.65. The van der Waals surface area contributed by atoms with Crippen LogP contribution in [0.25, 0.3) is 0 Å². The van der Waals surface area contributed by atoms with E-state index in [4.69, 9.17) is 11.6 Å². The molecule has 4 nitrogen and oxygen atoms in total. The predicted octanol–water partition coefficient (Wildman–Crippen LogP) is 2.61. The highest BCUT2D eigenvalue weighted by Crippen LogP contribution is 2.23. The van der Waals surface area contributed by atoms with Crippen LogP contribution in [0.4, 0.5) is 5.69 Å². The lowest BCUT2D eigenvalue weighted by Gasteiger charge is -2.27. The smallest absolute Gasteiger partial charge is 0.249 e. The summed E-state index contributed by atoms with van der Waals surface area (Å²) in [4.78, 5) is 26.1. The van der Waals surface area contributed by atoms with Crippen molar-refractivity contribution in [3.8, 4) is 0 Å². The molecule has 2 atom stereocenters. The van der Waals surface area contributed by atoms with Gasteiger partial charge < -0.3 is 10.2 Å². The lowest BCUT2D eigenvalue weighted by molar-refractivity contribution is -0.126. The van der Waals surface area contributed by atoms with Crippen LogP contribution >= 0.6 is 11.6 Å². The Morgan fingerprint density at radius 3 is 2.85 bits per heavy atom. The minimum absolute atomic E-state index is 0.0625. The van der Waals surface area contributed by atoms with Gasteiger partial charge in [-0.2, -0.15) is 0 Å². The first-order valence-electron chi connectivity index (χ1n) is 6.89. The van der Waals surface area contributed by atoms with E-state index in [0.717, 1.165) is 12.1 Å². The number of carbonyl (C=O) groups excluding carboxylic acids is 2. The maximum Gasteiger partial charge on any atom is 0.249 e. The van der Waals surface area contributed by atoms with E-state index in [2.05, 4.69) is 5.32 Å². The average Bonchev–Trinajstić information content (AvgIpc) is 2.58. The third-order valence-electron chi connectivity index (χ3n) is 3.74. The second-order valence-corrected chi connectivity index (χ2v) is 5.59. The zero-order chi connectivity index (χ0) is 14.7. The molecule has 1 fully saturated rings. The van der Waals surface area contributed by atoms with Crippen LogP contribution in [-0.2, 0) is 9.59 Å². The van der Waals surface area contributed by atoms with E-state index in [1.165, 1.54) is 0 Å². The Hall–Kier alpha value is -1.55. The van der Waals surface area contributed by atoms with Crippen molar-refractivity contribution in [2.24, 2.45) is 5.92 Å². The fourth-order valence-corrected chi connectivity index (χ4v) is 2.51. The molecule has 1 aromatic carbocycles. The highest BCUT2D eigenvalue weighted by molar-refractivity contribution is 6.31. The van der Waals surface area contributed by atoms with E-state index in [0.29, 0.717) is 18.0 Å². The van der Waals surface area contributed by atoms with Gasteiger partial charge in [0, 0.05) is 23.7 Å². The molecule has 2 rings (SSSR count). The SMILES string of the molecule is CCC(C)C1NC(=O)CCN(c2cccc(Cl)c2)C1=O. The number of benzene rings is 1. The van der Waals surface area contributed by atoms with Gasteiger partial charge in [-0.3, -0.25) is 9.59 Å². The molecule has 108 valence electrons. The van der Waals surface area contributed by atoms with E-state index in [-0.39, 0.29) is 17.7 Å².